The minimum absolute atomic E-state index is 0.649. The van der Waals surface area contributed by atoms with Crippen LogP contribution in [0.3, 0.4) is 0 Å². The third kappa shape index (κ3) is 3.20. The lowest BCUT2D eigenvalue weighted by atomic mass is 10.4. The van der Waals surface area contributed by atoms with Crippen molar-refractivity contribution >= 4 is 23.7 Å². The number of hydrogen-bond donors (Lipinski definition) is 0. The van der Waals surface area contributed by atoms with Gasteiger partial charge in [-0.25, -0.2) is 14.2 Å². The molecule has 0 radical (unpaired) electrons. The van der Waals surface area contributed by atoms with Crippen molar-refractivity contribution in [3.63, 3.8) is 0 Å². The maximum absolute atomic E-state index is 4.79. The molecule has 0 atom stereocenters. The van der Waals surface area contributed by atoms with Crippen molar-refractivity contribution in [3.8, 4) is 0 Å². The molecule has 3 aromatic heterocycles. The number of nitrogens with zero attached hydrogens (tertiary/aromatic N) is 8. The summed E-state index contributed by atoms with van der Waals surface area (Å²) in [6.07, 6.45) is 10.7. The minimum Gasteiger partial charge on any atom is -0.341 e. The van der Waals surface area contributed by atoms with Gasteiger partial charge in [0.2, 0.25) is 5.95 Å². The smallest absolute Gasteiger partial charge is 0.224 e. The largest absolute Gasteiger partial charge is 0.341 e. The summed E-state index contributed by atoms with van der Waals surface area (Å²) in [6.45, 7) is 7.05. The second-order valence-electron chi connectivity index (χ2n) is 7.61. The van der Waals surface area contributed by atoms with Crippen LogP contribution in [0.4, 0.5) is 5.95 Å². The molecule has 8 nitrogen and oxygen atoms in total. The molecule has 27 heavy (non-hydrogen) atoms. The van der Waals surface area contributed by atoms with Gasteiger partial charge in [0, 0.05) is 25.8 Å². The van der Waals surface area contributed by atoms with Crippen LogP contribution in [0, 0.1) is 19.8 Å². The quantitative estimate of drug-likeness (QED) is 0.692. The monoisotopic (exact) mass is 364 g/mol. The number of hydrogen-bond acceptors (Lipinski definition) is 6. The first kappa shape index (κ1) is 16.4. The van der Waals surface area contributed by atoms with E-state index in [-0.39, 0.29) is 0 Å². The Kier molecular flexibility index (Phi) is 3.91. The molecule has 0 aromatic carbocycles. The molecule has 140 valence electrons. The first-order valence-electron chi connectivity index (χ1n) is 9.74. The first-order valence-corrected chi connectivity index (χ1v) is 9.74. The van der Waals surface area contributed by atoms with Crippen molar-refractivity contribution < 1.29 is 0 Å². The molecule has 2 fully saturated rings. The number of anilines is 1. The molecule has 1 saturated heterocycles. The second-order valence-corrected chi connectivity index (χ2v) is 7.61. The van der Waals surface area contributed by atoms with Crippen LogP contribution in [0.15, 0.2) is 6.20 Å². The Balaban J connectivity index is 1.44. The molecule has 8 heteroatoms. The third-order valence-corrected chi connectivity index (χ3v) is 5.29. The fraction of sp³-hybridized carbons (Fsp3) is 0.526. The predicted molar refractivity (Wildman–Crippen MR) is 103 cm³/mol. The highest BCUT2D eigenvalue weighted by Gasteiger charge is 2.26. The van der Waals surface area contributed by atoms with E-state index in [1.54, 1.807) is 0 Å². The molecular weight excluding hydrogens is 340 g/mol. The average molecular weight is 364 g/mol. The van der Waals surface area contributed by atoms with Gasteiger partial charge in [0.25, 0.3) is 0 Å². The predicted octanol–water partition coefficient (Wildman–Crippen LogP) is 2.51. The Morgan fingerprint density at radius 2 is 1.78 bits per heavy atom. The summed E-state index contributed by atoms with van der Waals surface area (Å²) in [6, 6.07) is 0. The lowest BCUT2D eigenvalue weighted by molar-refractivity contribution is 0.556. The van der Waals surface area contributed by atoms with Crippen LogP contribution in [-0.4, -0.2) is 47.4 Å². The van der Waals surface area contributed by atoms with Crippen molar-refractivity contribution in [3.05, 3.63) is 29.2 Å². The Morgan fingerprint density at radius 1 is 1.04 bits per heavy atom. The summed E-state index contributed by atoms with van der Waals surface area (Å²) in [5.74, 6) is 3.15. The van der Waals surface area contributed by atoms with E-state index in [4.69, 9.17) is 10.1 Å². The third-order valence-electron chi connectivity index (χ3n) is 5.29. The second kappa shape index (κ2) is 6.44. The number of aromatic nitrogens is 7. The maximum Gasteiger partial charge on any atom is 0.224 e. The van der Waals surface area contributed by atoms with Gasteiger partial charge in [0.05, 0.1) is 11.4 Å². The fourth-order valence-corrected chi connectivity index (χ4v) is 3.57. The zero-order valence-electron chi connectivity index (χ0n) is 15.8. The van der Waals surface area contributed by atoms with Crippen LogP contribution >= 0.6 is 0 Å². The van der Waals surface area contributed by atoms with E-state index in [9.17, 15) is 0 Å². The zero-order valence-corrected chi connectivity index (χ0v) is 15.8. The van der Waals surface area contributed by atoms with Gasteiger partial charge in [-0.2, -0.15) is 4.98 Å². The van der Waals surface area contributed by atoms with Crippen LogP contribution in [-0.2, 0) is 6.54 Å². The van der Waals surface area contributed by atoms with Gasteiger partial charge in [-0.3, -0.25) is 4.98 Å². The Hall–Kier alpha value is -2.77. The van der Waals surface area contributed by atoms with Crippen LogP contribution < -0.4 is 4.90 Å². The molecular formula is C19H24N8. The molecule has 1 aliphatic carbocycles. The van der Waals surface area contributed by atoms with Gasteiger partial charge >= 0.3 is 0 Å². The van der Waals surface area contributed by atoms with E-state index in [1.807, 2.05) is 36.7 Å². The molecule has 1 aliphatic heterocycles. The topological polar surface area (TPSA) is 77.0 Å². The molecule has 0 bridgehead atoms. The molecule has 0 unspecified atom stereocenters. The van der Waals surface area contributed by atoms with Gasteiger partial charge < -0.3 is 4.90 Å². The van der Waals surface area contributed by atoms with Crippen molar-refractivity contribution in [2.45, 2.75) is 46.1 Å². The van der Waals surface area contributed by atoms with Gasteiger partial charge in [0.15, 0.2) is 17.3 Å². The summed E-state index contributed by atoms with van der Waals surface area (Å²) in [5, 5.41) is 9.30. The highest BCUT2D eigenvalue weighted by molar-refractivity contribution is 5.64. The summed E-state index contributed by atoms with van der Waals surface area (Å²) >= 11 is 0. The maximum atomic E-state index is 4.79. The molecule has 0 spiro atoms. The van der Waals surface area contributed by atoms with E-state index in [0.29, 0.717) is 5.82 Å². The Morgan fingerprint density at radius 3 is 2.48 bits per heavy atom. The highest BCUT2D eigenvalue weighted by Crippen LogP contribution is 2.32. The molecule has 4 heterocycles. The van der Waals surface area contributed by atoms with E-state index in [1.165, 1.54) is 25.7 Å². The van der Waals surface area contributed by atoms with Crippen molar-refractivity contribution in [2.24, 2.45) is 5.92 Å². The highest BCUT2D eigenvalue weighted by atomic mass is 15.4. The molecule has 5 rings (SSSR count). The number of aryl methyl sites for hydroxylation is 2. The van der Waals surface area contributed by atoms with Crippen LogP contribution in [0.25, 0.3) is 17.8 Å². The summed E-state index contributed by atoms with van der Waals surface area (Å²) in [5.41, 5.74) is 2.63. The minimum atomic E-state index is 0.649. The Bertz CT molecular complexity index is 965. The Labute approximate surface area is 157 Å². The summed E-state index contributed by atoms with van der Waals surface area (Å²) in [4.78, 5) is 16.1. The van der Waals surface area contributed by atoms with Crippen LogP contribution in [0.1, 0.15) is 48.7 Å². The van der Waals surface area contributed by atoms with Gasteiger partial charge in [0.1, 0.15) is 0 Å². The standard InChI is InChI=1S/C19H24N8/c1-13-11-20-14(2)18-21-16(24-27(13)18)7-8-17-22-19(25-9-3-4-10-25)26(23-17)12-15-5-6-15/h7-8,11,15H,3-6,9-10,12H2,1-2H3. The molecule has 0 N–H and O–H groups in total. The molecule has 3 aromatic rings. The normalized spacial score (nSPS) is 17.6. The molecule has 1 saturated carbocycles. The fourth-order valence-electron chi connectivity index (χ4n) is 3.57. The van der Waals surface area contributed by atoms with Crippen molar-refractivity contribution in [1.29, 1.82) is 0 Å². The molecule has 0 amide bonds. The van der Waals surface area contributed by atoms with Crippen LogP contribution in [0.5, 0.6) is 0 Å². The number of fused-ring (bicyclic) bond motifs is 1. The van der Waals surface area contributed by atoms with E-state index < -0.39 is 0 Å². The molecule has 2 aliphatic rings. The van der Waals surface area contributed by atoms with Gasteiger partial charge in [-0.15, -0.1) is 10.2 Å². The first-order chi connectivity index (χ1) is 13.2. The SMILES string of the molecule is Cc1ncc(C)n2nc(C=Cc3nc(N4CCCC4)n(CC4CC4)n3)nc12. The van der Waals surface area contributed by atoms with Crippen molar-refractivity contribution in [2.75, 3.05) is 18.0 Å². The van der Waals surface area contributed by atoms with Gasteiger partial charge in [-0.05, 0) is 57.6 Å². The average Bonchev–Trinajstić information content (AvgIpc) is 3.07. The van der Waals surface area contributed by atoms with Crippen molar-refractivity contribution in [1.82, 2.24) is 34.3 Å². The van der Waals surface area contributed by atoms with E-state index in [0.717, 1.165) is 54.4 Å². The zero-order chi connectivity index (χ0) is 18.4. The van der Waals surface area contributed by atoms with E-state index in [2.05, 4.69) is 24.6 Å². The lowest BCUT2D eigenvalue weighted by Crippen LogP contribution is -2.23. The van der Waals surface area contributed by atoms with Crippen LogP contribution in [0.2, 0.25) is 0 Å². The number of rotatable bonds is 5. The van der Waals surface area contributed by atoms with Gasteiger partial charge in [-0.1, -0.05) is 0 Å². The lowest BCUT2D eigenvalue weighted by Gasteiger charge is -2.16. The van der Waals surface area contributed by atoms with E-state index >= 15 is 0 Å². The summed E-state index contributed by atoms with van der Waals surface area (Å²) < 4.78 is 3.93. The summed E-state index contributed by atoms with van der Waals surface area (Å²) in [7, 11) is 0.